The van der Waals surface area contributed by atoms with Crippen LogP contribution in [0.4, 0.5) is 4.39 Å². The maximum Gasteiger partial charge on any atom is 0.131 e. The van der Waals surface area contributed by atoms with Crippen LogP contribution in [-0.2, 0) is 19.7 Å². The van der Waals surface area contributed by atoms with Crippen molar-refractivity contribution in [1.29, 1.82) is 0 Å². The van der Waals surface area contributed by atoms with Crippen molar-refractivity contribution in [2.75, 3.05) is 0 Å². The molecule has 128 valence electrons. The van der Waals surface area contributed by atoms with E-state index in [1.807, 2.05) is 36.4 Å². The largest absolute Gasteiger partial charge is 0.489 e. The summed E-state index contributed by atoms with van der Waals surface area (Å²) in [6, 6.07) is 16.3. The molecule has 0 atom stereocenters. The molecule has 0 spiro atoms. The topological polar surface area (TPSA) is 34.1 Å². The Hall–Kier alpha value is -2.43. The molecule has 0 radical (unpaired) electrons. The van der Waals surface area contributed by atoms with Crippen molar-refractivity contribution in [2.45, 2.75) is 19.7 Å². The first-order valence-electron chi connectivity index (χ1n) is 7.96. The van der Waals surface area contributed by atoms with E-state index in [1.165, 1.54) is 11.6 Å². The van der Waals surface area contributed by atoms with Gasteiger partial charge in [-0.2, -0.15) is 0 Å². The van der Waals surface area contributed by atoms with Crippen molar-refractivity contribution >= 4 is 11.6 Å². The molecule has 1 aromatic heterocycles. The minimum atomic E-state index is -0.359. The first kappa shape index (κ1) is 17.4. The number of nitrogens with zero attached hydrogens (tertiary/aromatic N) is 1. The Morgan fingerprint density at radius 2 is 1.72 bits per heavy atom. The van der Waals surface area contributed by atoms with E-state index in [1.54, 1.807) is 24.5 Å². The van der Waals surface area contributed by atoms with Gasteiger partial charge < -0.3 is 10.1 Å². The van der Waals surface area contributed by atoms with Crippen molar-refractivity contribution in [3.05, 3.63) is 94.5 Å². The number of hydrogen-bond acceptors (Lipinski definition) is 3. The fourth-order valence-electron chi connectivity index (χ4n) is 2.42. The molecule has 0 amide bonds. The lowest BCUT2D eigenvalue weighted by molar-refractivity contribution is 0.299. The molecular formula is C20H18ClFN2O. The van der Waals surface area contributed by atoms with Crippen LogP contribution in [0.25, 0.3) is 0 Å². The molecule has 3 rings (SSSR count). The van der Waals surface area contributed by atoms with Crippen molar-refractivity contribution in [1.82, 2.24) is 10.3 Å². The zero-order chi connectivity index (χ0) is 17.5. The van der Waals surface area contributed by atoms with Crippen molar-refractivity contribution in [2.24, 2.45) is 0 Å². The summed E-state index contributed by atoms with van der Waals surface area (Å²) in [6.07, 6.45) is 3.55. The van der Waals surface area contributed by atoms with Crippen LogP contribution in [0.2, 0.25) is 5.02 Å². The summed E-state index contributed by atoms with van der Waals surface area (Å²) in [7, 11) is 0. The quantitative estimate of drug-likeness (QED) is 0.663. The smallest absolute Gasteiger partial charge is 0.131 e. The molecule has 0 fully saturated rings. The lowest BCUT2D eigenvalue weighted by Crippen LogP contribution is -2.12. The number of aromatic nitrogens is 1. The van der Waals surface area contributed by atoms with Gasteiger partial charge in [-0.25, -0.2) is 4.39 Å². The van der Waals surface area contributed by atoms with Gasteiger partial charge in [0.1, 0.15) is 18.2 Å². The van der Waals surface area contributed by atoms with Crippen LogP contribution < -0.4 is 10.1 Å². The molecule has 0 saturated carbocycles. The van der Waals surface area contributed by atoms with E-state index < -0.39 is 0 Å². The number of hydrogen-bond donors (Lipinski definition) is 1. The van der Waals surface area contributed by atoms with Crippen LogP contribution in [0, 0.1) is 5.82 Å². The van der Waals surface area contributed by atoms with Gasteiger partial charge in [0.15, 0.2) is 0 Å². The Kier molecular flexibility index (Phi) is 5.99. The summed E-state index contributed by atoms with van der Waals surface area (Å²) in [5.41, 5.74) is 2.63. The van der Waals surface area contributed by atoms with Crippen LogP contribution in [0.15, 0.2) is 67.0 Å². The molecule has 5 heteroatoms. The van der Waals surface area contributed by atoms with Crippen LogP contribution in [0.5, 0.6) is 5.75 Å². The van der Waals surface area contributed by atoms with Gasteiger partial charge in [0.05, 0.1) is 5.02 Å². The third kappa shape index (κ3) is 5.02. The van der Waals surface area contributed by atoms with Crippen LogP contribution in [0.1, 0.15) is 16.7 Å². The van der Waals surface area contributed by atoms with Crippen LogP contribution >= 0.6 is 11.6 Å². The summed E-state index contributed by atoms with van der Waals surface area (Å²) >= 11 is 6.02. The van der Waals surface area contributed by atoms with Gasteiger partial charge in [-0.05, 0) is 47.5 Å². The van der Waals surface area contributed by atoms with Gasteiger partial charge in [-0.15, -0.1) is 0 Å². The minimum absolute atomic E-state index is 0.0966. The first-order chi connectivity index (χ1) is 12.2. The summed E-state index contributed by atoms with van der Waals surface area (Å²) in [4.78, 5) is 4.00. The zero-order valence-corrected chi connectivity index (χ0v) is 14.3. The molecule has 0 bridgehead atoms. The van der Waals surface area contributed by atoms with Gasteiger partial charge in [-0.1, -0.05) is 29.8 Å². The lowest BCUT2D eigenvalue weighted by atomic mass is 10.2. The lowest BCUT2D eigenvalue weighted by Gasteiger charge is -2.10. The third-order valence-electron chi connectivity index (χ3n) is 3.75. The predicted molar refractivity (Wildman–Crippen MR) is 97.0 cm³/mol. The number of pyridine rings is 1. The van der Waals surface area contributed by atoms with Crippen molar-refractivity contribution in [3.8, 4) is 5.75 Å². The van der Waals surface area contributed by atoms with E-state index >= 15 is 0 Å². The number of nitrogens with one attached hydrogen (secondary N) is 1. The zero-order valence-electron chi connectivity index (χ0n) is 13.6. The number of benzene rings is 2. The Labute approximate surface area is 151 Å². The van der Waals surface area contributed by atoms with Crippen LogP contribution in [-0.4, -0.2) is 4.98 Å². The molecule has 2 aromatic carbocycles. The molecule has 0 unspecified atom stereocenters. The monoisotopic (exact) mass is 356 g/mol. The molecule has 3 nitrogen and oxygen atoms in total. The molecule has 1 heterocycles. The van der Waals surface area contributed by atoms with E-state index in [-0.39, 0.29) is 12.4 Å². The molecule has 3 aromatic rings. The Balaban J connectivity index is 1.56. The normalized spacial score (nSPS) is 10.6. The van der Waals surface area contributed by atoms with Gasteiger partial charge in [0.2, 0.25) is 0 Å². The van der Waals surface area contributed by atoms with Crippen LogP contribution in [0.3, 0.4) is 0 Å². The predicted octanol–water partition coefficient (Wildman–Crippen LogP) is 4.74. The van der Waals surface area contributed by atoms with Gasteiger partial charge in [0, 0.05) is 31.0 Å². The van der Waals surface area contributed by atoms with E-state index in [9.17, 15) is 4.39 Å². The molecular weight excluding hydrogens is 339 g/mol. The Morgan fingerprint density at radius 1 is 0.960 bits per heavy atom. The minimum Gasteiger partial charge on any atom is -0.489 e. The van der Waals surface area contributed by atoms with E-state index in [2.05, 4.69) is 10.3 Å². The maximum absolute atomic E-state index is 13.8. The summed E-state index contributed by atoms with van der Waals surface area (Å²) < 4.78 is 19.5. The van der Waals surface area contributed by atoms with Gasteiger partial charge >= 0.3 is 0 Å². The third-order valence-corrected chi connectivity index (χ3v) is 4.11. The highest BCUT2D eigenvalue weighted by molar-refractivity contribution is 6.31. The average molecular weight is 357 g/mol. The first-order valence-corrected chi connectivity index (χ1v) is 8.34. The fraction of sp³-hybridized carbons (Fsp3) is 0.150. The second kappa shape index (κ2) is 8.60. The number of halogens is 2. The molecule has 1 N–H and O–H groups in total. The molecule has 25 heavy (non-hydrogen) atoms. The van der Waals surface area contributed by atoms with E-state index in [0.29, 0.717) is 22.9 Å². The van der Waals surface area contributed by atoms with E-state index in [0.717, 1.165) is 12.1 Å². The van der Waals surface area contributed by atoms with Gasteiger partial charge in [0.25, 0.3) is 0 Å². The highest BCUT2D eigenvalue weighted by Gasteiger charge is 2.07. The molecule has 0 aliphatic heterocycles. The molecule has 0 aliphatic rings. The second-order valence-electron chi connectivity index (χ2n) is 5.60. The summed E-state index contributed by atoms with van der Waals surface area (Å²) in [5.74, 6) is 0.324. The maximum atomic E-state index is 13.8. The summed E-state index contributed by atoms with van der Waals surface area (Å²) in [5, 5.41) is 3.74. The van der Waals surface area contributed by atoms with E-state index in [4.69, 9.17) is 16.3 Å². The van der Waals surface area contributed by atoms with Gasteiger partial charge in [-0.3, -0.25) is 4.98 Å². The van der Waals surface area contributed by atoms with Crippen molar-refractivity contribution in [3.63, 3.8) is 0 Å². The fourth-order valence-corrected chi connectivity index (χ4v) is 2.64. The number of ether oxygens (including phenoxy) is 1. The SMILES string of the molecule is Fc1cccc(Cl)c1COc1cccc(CNCc2ccncc2)c1. The molecule has 0 saturated heterocycles. The average Bonchev–Trinajstić information content (AvgIpc) is 2.63. The van der Waals surface area contributed by atoms with Crippen molar-refractivity contribution < 1.29 is 9.13 Å². The summed E-state index contributed by atoms with van der Waals surface area (Å²) in [6.45, 7) is 1.57. The highest BCUT2D eigenvalue weighted by Crippen LogP contribution is 2.22. The Morgan fingerprint density at radius 3 is 2.52 bits per heavy atom. The Bertz CT molecular complexity index is 807. The highest BCUT2D eigenvalue weighted by atomic mass is 35.5. The molecule has 0 aliphatic carbocycles. The second-order valence-corrected chi connectivity index (χ2v) is 6.00. The standard InChI is InChI=1S/C20H18ClFN2O/c21-19-5-2-6-20(22)18(19)14-25-17-4-1-3-16(11-17)13-24-12-15-7-9-23-10-8-15/h1-11,24H,12-14H2. The number of rotatable bonds is 7.